The summed E-state index contributed by atoms with van der Waals surface area (Å²) < 4.78 is 12.5. The summed E-state index contributed by atoms with van der Waals surface area (Å²) in [6, 6.07) is 8.39. The average Bonchev–Trinajstić information content (AvgIpc) is 2.92. The number of carbonyl (C=O) groups is 1. The van der Waals surface area contributed by atoms with E-state index in [1.165, 1.54) is 6.07 Å². The number of methoxy groups -OCH3 is 1. The van der Waals surface area contributed by atoms with Crippen molar-refractivity contribution in [3.63, 3.8) is 0 Å². The van der Waals surface area contributed by atoms with Crippen molar-refractivity contribution in [2.45, 2.75) is 26.8 Å². The Labute approximate surface area is 145 Å². The number of furan rings is 1. The number of aromatic nitrogens is 1. The van der Waals surface area contributed by atoms with Crippen LogP contribution in [0, 0.1) is 6.92 Å². The fraction of sp³-hybridized carbons (Fsp3) is 0.263. The van der Waals surface area contributed by atoms with Gasteiger partial charge in [-0.25, -0.2) is 0 Å². The first-order valence-corrected chi connectivity index (χ1v) is 8.12. The predicted molar refractivity (Wildman–Crippen MR) is 96.4 cm³/mol. The summed E-state index contributed by atoms with van der Waals surface area (Å²) in [5, 5.41) is 3.53. The molecule has 130 valence electrons. The third-order valence-corrected chi connectivity index (χ3v) is 4.00. The van der Waals surface area contributed by atoms with Crippen LogP contribution in [-0.2, 0) is 6.54 Å². The quantitative estimate of drug-likeness (QED) is 0.770. The normalized spacial score (nSPS) is 10.8. The van der Waals surface area contributed by atoms with E-state index in [1.807, 2.05) is 6.92 Å². The van der Waals surface area contributed by atoms with Crippen molar-refractivity contribution in [1.82, 2.24) is 4.57 Å². The average molecular weight is 340 g/mol. The Morgan fingerprint density at radius 2 is 2.08 bits per heavy atom. The van der Waals surface area contributed by atoms with Crippen LogP contribution < -0.4 is 15.6 Å². The predicted octanol–water partition coefficient (Wildman–Crippen LogP) is 3.57. The summed E-state index contributed by atoms with van der Waals surface area (Å²) in [7, 11) is 1.57. The Bertz CT molecular complexity index is 985. The van der Waals surface area contributed by atoms with Crippen molar-refractivity contribution in [1.29, 1.82) is 0 Å². The largest absolute Gasteiger partial charge is 0.497 e. The molecule has 0 unspecified atom stereocenters. The maximum Gasteiger partial charge on any atom is 0.259 e. The Balaban J connectivity index is 1.96. The summed E-state index contributed by atoms with van der Waals surface area (Å²) in [4.78, 5) is 24.6. The second-order valence-corrected chi connectivity index (χ2v) is 5.80. The number of nitrogens with one attached hydrogen (secondary N) is 1. The third kappa shape index (κ3) is 3.28. The number of rotatable bonds is 5. The molecule has 3 aromatic rings. The lowest BCUT2D eigenvalue weighted by molar-refractivity contribution is 0.102. The first-order valence-electron chi connectivity index (χ1n) is 8.12. The topological polar surface area (TPSA) is 73.5 Å². The summed E-state index contributed by atoms with van der Waals surface area (Å²) in [5.41, 5.74) is 1.56. The van der Waals surface area contributed by atoms with E-state index in [4.69, 9.17) is 9.15 Å². The lowest BCUT2D eigenvalue weighted by atomic mass is 10.1. The number of ether oxygens (including phenoxy) is 1. The molecule has 0 atom stereocenters. The number of carbonyl (C=O) groups excluding carboxylic acids is 1. The molecule has 6 nitrogen and oxygen atoms in total. The summed E-state index contributed by atoms with van der Waals surface area (Å²) in [5.74, 6) is 0.896. The van der Waals surface area contributed by atoms with Crippen molar-refractivity contribution < 1.29 is 13.9 Å². The van der Waals surface area contributed by atoms with Crippen molar-refractivity contribution in [3.8, 4) is 5.75 Å². The van der Waals surface area contributed by atoms with Crippen LogP contribution in [-0.4, -0.2) is 17.6 Å². The molecule has 0 saturated heterocycles. The number of amides is 1. The van der Waals surface area contributed by atoms with Crippen molar-refractivity contribution in [2.75, 3.05) is 12.4 Å². The van der Waals surface area contributed by atoms with Gasteiger partial charge in [0.15, 0.2) is 0 Å². The summed E-state index contributed by atoms with van der Waals surface area (Å²) >= 11 is 0. The van der Waals surface area contributed by atoms with Gasteiger partial charge in [-0.3, -0.25) is 9.59 Å². The van der Waals surface area contributed by atoms with Gasteiger partial charge >= 0.3 is 0 Å². The molecule has 0 aliphatic carbocycles. The minimum atomic E-state index is -0.286. The molecule has 0 spiro atoms. The maximum atomic E-state index is 12.8. The van der Waals surface area contributed by atoms with E-state index < -0.39 is 0 Å². The molecular weight excluding hydrogens is 320 g/mol. The van der Waals surface area contributed by atoms with Gasteiger partial charge in [0.2, 0.25) is 0 Å². The first kappa shape index (κ1) is 16.8. The number of hydrogen-bond donors (Lipinski definition) is 1. The molecule has 0 radical (unpaired) electrons. The summed E-state index contributed by atoms with van der Waals surface area (Å²) in [6.45, 7) is 4.35. The smallest absolute Gasteiger partial charge is 0.259 e. The molecular formula is C19H20N2O4. The molecule has 2 aromatic heterocycles. The Morgan fingerprint density at radius 3 is 2.80 bits per heavy atom. The van der Waals surface area contributed by atoms with Gasteiger partial charge in [-0.1, -0.05) is 6.92 Å². The first-order chi connectivity index (χ1) is 12.0. The van der Waals surface area contributed by atoms with Crippen molar-refractivity contribution >= 4 is 22.6 Å². The summed E-state index contributed by atoms with van der Waals surface area (Å²) in [6.07, 6.45) is 2.49. The highest BCUT2D eigenvalue weighted by atomic mass is 16.5. The Hall–Kier alpha value is -3.02. The molecule has 1 N–H and O–H groups in total. The molecule has 0 bridgehead atoms. The van der Waals surface area contributed by atoms with Crippen LogP contribution in [0.4, 0.5) is 5.69 Å². The number of fused-ring (bicyclic) bond motifs is 1. The highest BCUT2D eigenvalue weighted by Crippen LogP contribution is 2.29. The van der Waals surface area contributed by atoms with Gasteiger partial charge < -0.3 is 19.0 Å². The van der Waals surface area contributed by atoms with E-state index in [0.29, 0.717) is 40.3 Å². The molecule has 1 amide bonds. The van der Waals surface area contributed by atoms with E-state index >= 15 is 0 Å². The highest BCUT2D eigenvalue weighted by Gasteiger charge is 2.19. The minimum Gasteiger partial charge on any atom is -0.497 e. The number of nitrogens with zero attached hydrogens (tertiary/aromatic N) is 1. The number of anilines is 1. The van der Waals surface area contributed by atoms with Crippen LogP contribution in [0.5, 0.6) is 5.75 Å². The van der Waals surface area contributed by atoms with E-state index in [-0.39, 0.29) is 11.5 Å². The fourth-order valence-electron chi connectivity index (χ4n) is 2.82. The zero-order chi connectivity index (χ0) is 18.0. The standard InChI is InChI=1S/C19H20N2O4/c1-4-9-21-11-13(5-8-17(21)22)20-19(23)18-12(2)25-16-7-6-14(24-3)10-15(16)18/h5-8,10-11H,4,9H2,1-3H3,(H,20,23). The lowest BCUT2D eigenvalue weighted by Crippen LogP contribution is -2.20. The maximum absolute atomic E-state index is 12.8. The van der Waals surface area contributed by atoms with Crippen molar-refractivity contribution in [3.05, 3.63) is 58.2 Å². The Kier molecular flexibility index (Phi) is 4.61. The number of aryl methyl sites for hydroxylation is 2. The molecule has 1 aromatic carbocycles. The van der Waals surface area contributed by atoms with E-state index in [2.05, 4.69) is 5.32 Å². The minimum absolute atomic E-state index is 0.0884. The van der Waals surface area contributed by atoms with Crippen LogP contribution in [0.1, 0.15) is 29.5 Å². The zero-order valence-corrected chi connectivity index (χ0v) is 14.5. The monoisotopic (exact) mass is 340 g/mol. The SMILES string of the molecule is CCCn1cc(NC(=O)c2c(C)oc3ccc(OC)cc23)ccc1=O. The van der Waals surface area contributed by atoms with Crippen LogP contribution >= 0.6 is 0 Å². The molecule has 3 rings (SSSR count). The van der Waals surface area contributed by atoms with E-state index in [9.17, 15) is 9.59 Å². The highest BCUT2D eigenvalue weighted by molar-refractivity contribution is 6.13. The second-order valence-electron chi connectivity index (χ2n) is 5.80. The molecule has 6 heteroatoms. The fourth-order valence-corrected chi connectivity index (χ4v) is 2.82. The zero-order valence-electron chi connectivity index (χ0n) is 14.5. The Morgan fingerprint density at radius 1 is 1.28 bits per heavy atom. The molecule has 2 heterocycles. The van der Waals surface area contributed by atoms with Gasteiger partial charge in [-0.15, -0.1) is 0 Å². The third-order valence-electron chi connectivity index (χ3n) is 4.00. The van der Waals surface area contributed by atoms with Crippen molar-refractivity contribution in [2.24, 2.45) is 0 Å². The van der Waals surface area contributed by atoms with Gasteiger partial charge in [0.1, 0.15) is 17.1 Å². The number of benzene rings is 1. The van der Waals surface area contributed by atoms with Crippen LogP contribution in [0.2, 0.25) is 0 Å². The number of hydrogen-bond acceptors (Lipinski definition) is 4. The van der Waals surface area contributed by atoms with Crippen LogP contribution in [0.25, 0.3) is 11.0 Å². The van der Waals surface area contributed by atoms with Gasteiger partial charge in [-0.05, 0) is 37.6 Å². The van der Waals surface area contributed by atoms with E-state index in [1.54, 1.807) is 49.1 Å². The van der Waals surface area contributed by atoms with Gasteiger partial charge in [0.25, 0.3) is 11.5 Å². The molecule has 25 heavy (non-hydrogen) atoms. The molecule has 0 saturated carbocycles. The van der Waals surface area contributed by atoms with Gasteiger partial charge in [0.05, 0.1) is 18.4 Å². The molecule has 0 aliphatic rings. The number of pyridine rings is 1. The van der Waals surface area contributed by atoms with Gasteiger partial charge in [-0.2, -0.15) is 0 Å². The van der Waals surface area contributed by atoms with Crippen LogP contribution in [0.3, 0.4) is 0 Å². The van der Waals surface area contributed by atoms with Gasteiger partial charge in [0, 0.05) is 24.2 Å². The second kappa shape index (κ2) is 6.84. The van der Waals surface area contributed by atoms with Crippen LogP contribution in [0.15, 0.2) is 45.7 Å². The van der Waals surface area contributed by atoms with E-state index in [0.717, 1.165) is 6.42 Å². The lowest BCUT2D eigenvalue weighted by Gasteiger charge is -2.09. The molecule has 0 fully saturated rings. The molecule has 0 aliphatic heterocycles.